The molecule has 0 amide bonds. The minimum Gasteiger partial charge on any atom is -0.309 e. The van der Waals surface area contributed by atoms with Crippen molar-refractivity contribution in [3.8, 4) is 51.8 Å². The molecule has 0 bridgehead atoms. The van der Waals surface area contributed by atoms with Crippen molar-refractivity contribution in [1.82, 2.24) is 9.13 Å². The lowest BCUT2D eigenvalue weighted by Crippen LogP contribution is -2.01. The Morgan fingerprint density at radius 1 is 0.360 bits per heavy atom. The van der Waals surface area contributed by atoms with E-state index < -0.39 is 0 Å². The second-order valence-corrected chi connectivity index (χ2v) is 12.3. The molecule has 0 saturated carbocycles. The van der Waals surface area contributed by atoms with Crippen molar-refractivity contribution in [2.24, 2.45) is 0 Å². The zero-order valence-corrected chi connectivity index (χ0v) is 26.7. The number of nitriles is 3. The quantitative estimate of drug-likeness (QED) is 0.193. The van der Waals surface area contributed by atoms with Gasteiger partial charge in [-0.25, -0.2) is 0 Å². The van der Waals surface area contributed by atoms with Crippen LogP contribution in [0.2, 0.25) is 0 Å². The molecule has 0 atom stereocenters. The molecule has 2 aromatic heterocycles. The van der Waals surface area contributed by atoms with Crippen LogP contribution in [0.1, 0.15) is 16.7 Å². The Hall–Kier alpha value is -7.39. The van der Waals surface area contributed by atoms with Gasteiger partial charge in [0.2, 0.25) is 0 Å². The van der Waals surface area contributed by atoms with E-state index in [4.69, 9.17) is 0 Å². The molecule has 0 fully saturated rings. The number of fused-ring (bicyclic) bond motifs is 6. The predicted octanol–water partition coefficient (Wildman–Crippen LogP) is 10.8. The van der Waals surface area contributed by atoms with Crippen molar-refractivity contribution in [1.29, 1.82) is 15.8 Å². The number of aromatic nitrogens is 2. The zero-order valence-electron chi connectivity index (χ0n) is 26.7. The average molecular weight is 636 g/mol. The maximum atomic E-state index is 10.5. The number of hydrogen-bond donors (Lipinski definition) is 0. The van der Waals surface area contributed by atoms with Gasteiger partial charge in [-0.15, -0.1) is 0 Å². The molecule has 50 heavy (non-hydrogen) atoms. The Morgan fingerprint density at radius 3 is 1.46 bits per heavy atom. The van der Waals surface area contributed by atoms with E-state index in [2.05, 4.69) is 108 Å². The smallest absolute Gasteiger partial charge is 0.103 e. The van der Waals surface area contributed by atoms with Crippen molar-refractivity contribution in [3.05, 3.63) is 168 Å². The van der Waals surface area contributed by atoms with E-state index in [9.17, 15) is 15.8 Å². The van der Waals surface area contributed by atoms with Gasteiger partial charge in [-0.3, -0.25) is 0 Å². The van der Waals surface area contributed by atoms with E-state index in [1.165, 1.54) is 10.8 Å². The van der Waals surface area contributed by atoms with Crippen molar-refractivity contribution in [2.75, 3.05) is 0 Å². The fourth-order valence-electron chi connectivity index (χ4n) is 7.47. The molecular weight excluding hydrogens is 611 g/mol. The normalized spacial score (nSPS) is 11.1. The Balaban J connectivity index is 1.17. The molecule has 5 heteroatoms. The molecule has 0 aliphatic carbocycles. The van der Waals surface area contributed by atoms with E-state index >= 15 is 0 Å². The molecule has 0 radical (unpaired) electrons. The van der Waals surface area contributed by atoms with E-state index in [-0.39, 0.29) is 0 Å². The average Bonchev–Trinajstić information content (AvgIpc) is 3.70. The zero-order chi connectivity index (χ0) is 33.8. The van der Waals surface area contributed by atoms with Gasteiger partial charge in [0.25, 0.3) is 0 Å². The standard InChI is InChI=1S/C45H25N5/c46-26-29-17-23-44-37(25-29)36-12-4-8-16-43(36)50(44)45-24-22-32(38(27-47)39(45)28-48)30-18-20-31(21-19-30)33-9-1-5-13-40(33)49-41-14-6-2-10-34(41)35-11-3-7-15-42(35)49/h1-25H. The third kappa shape index (κ3) is 4.24. The summed E-state index contributed by atoms with van der Waals surface area (Å²) in [7, 11) is 0. The van der Waals surface area contributed by atoms with E-state index in [0.717, 1.165) is 55.2 Å². The lowest BCUT2D eigenvalue weighted by Gasteiger charge is -2.16. The molecular formula is C45H25N5. The molecule has 0 spiro atoms. The second-order valence-electron chi connectivity index (χ2n) is 12.3. The monoisotopic (exact) mass is 635 g/mol. The van der Waals surface area contributed by atoms with Crippen LogP contribution in [0.15, 0.2) is 152 Å². The number of rotatable bonds is 4. The summed E-state index contributed by atoms with van der Waals surface area (Å²) in [5.41, 5.74) is 10.6. The summed E-state index contributed by atoms with van der Waals surface area (Å²) in [4.78, 5) is 0. The number of benzene rings is 7. The first kappa shape index (κ1) is 28.8. The van der Waals surface area contributed by atoms with Crippen molar-refractivity contribution in [2.45, 2.75) is 0 Å². The minimum atomic E-state index is 0.304. The van der Waals surface area contributed by atoms with Crippen LogP contribution >= 0.6 is 0 Å². The highest BCUT2D eigenvalue weighted by Gasteiger charge is 2.21. The fourth-order valence-corrected chi connectivity index (χ4v) is 7.47. The van der Waals surface area contributed by atoms with Crippen LogP contribution in [0.3, 0.4) is 0 Å². The Kier molecular flexibility index (Phi) is 6.56. The molecule has 9 rings (SSSR count). The van der Waals surface area contributed by atoms with Gasteiger partial charge in [-0.1, -0.05) is 103 Å². The molecule has 230 valence electrons. The number of hydrogen-bond acceptors (Lipinski definition) is 3. The lowest BCUT2D eigenvalue weighted by molar-refractivity contribution is 1.16. The summed E-state index contributed by atoms with van der Waals surface area (Å²) in [6.07, 6.45) is 0. The molecule has 0 aliphatic heterocycles. The van der Waals surface area contributed by atoms with Crippen LogP contribution in [0.25, 0.3) is 77.2 Å². The van der Waals surface area contributed by atoms with Crippen molar-refractivity contribution < 1.29 is 0 Å². The Morgan fingerprint density at radius 2 is 0.860 bits per heavy atom. The topological polar surface area (TPSA) is 81.2 Å². The molecule has 0 N–H and O–H groups in total. The maximum Gasteiger partial charge on any atom is 0.103 e. The third-order valence-corrected chi connectivity index (χ3v) is 9.68. The number of nitrogens with zero attached hydrogens (tertiary/aromatic N) is 5. The highest BCUT2D eigenvalue weighted by molar-refractivity contribution is 6.11. The van der Waals surface area contributed by atoms with Gasteiger partial charge in [-0.05, 0) is 59.7 Å². The second kappa shape index (κ2) is 11.4. The van der Waals surface area contributed by atoms with Crippen LogP contribution in [0.5, 0.6) is 0 Å². The van der Waals surface area contributed by atoms with Crippen LogP contribution in [-0.2, 0) is 0 Å². The van der Waals surface area contributed by atoms with Crippen LogP contribution in [0, 0.1) is 34.0 Å². The minimum absolute atomic E-state index is 0.304. The Bertz CT molecular complexity index is 2900. The number of para-hydroxylation sites is 4. The van der Waals surface area contributed by atoms with Gasteiger partial charge in [0, 0.05) is 32.7 Å². The van der Waals surface area contributed by atoms with Gasteiger partial charge >= 0.3 is 0 Å². The van der Waals surface area contributed by atoms with Gasteiger partial charge in [0.1, 0.15) is 12.1 Å². The largest absolute Gasteiger partial charge is 0.309 e. The molecule has 0 unspecified atom stereocenters. The summed E-state index contributed by atoms with van der Waals surface area (Å²) >= 11 is 0. The fraction of sp³-hybridized carbons (Fsp3) is 0. The predicted molar refractivity (Wildman–Crippen MR) is 200 cm³/mol. The Labute approximate surface area is 287 Å². The molecule has 0 saturated heterocycles. The third-order valence-electron chi connectivity index (χ3n) is 9.68. The van der Waals surface area contributed by atoms with Gasteiger partial charge in [0.15, 0.2) is 0 Å². The van der Waals surface area contributed by atoms with Crippen LogP contribution in [0.4, 0.5) is 0 Å². The first-order chi connectivity index (χ1) is 24.7. The highest BCUT2D eigenvalue weighted by atomic mass is 15.0. The van der Waals surface area contributed by atoms with Crippen molar-refractivity contribution >= 4 is 43.6 Å². The van der Waals surface area contributed by atoms with Crippen LogP contribution < -0.4 is 0 Å². The van der Waals surface area contributed by atoms with E-state index in [0.29, 0.717) is 27.9 Å². The molecule has 5 nitrogen and oxygen atoms in total. The maximum absolute atomic E-state index is 10.5. The molecule has 2 heterocycles. The molecule has 0 aliphatic rings. The van der Waals surface area contributed by atoms with Crippen LogP contribution in [-0.4, -0.2) is 9.13 Å². The summed E-state index contributed by atoms with van der Waals surface area (Å²) in [5.74, 6) is 0. The van der Waals surface area contributed by atoms with Crippen molar-refractivity contribution in [3.63, 3.8) is 0 Å². The van der Waals surface area contributed by atoms with Gasteiger partial charge in [0.05, 0.1) is 56.2 Å². The lowest BCUT2D eigenvalue weighted by atomic mass is 9.93. The highest BCUT2D eigenvalue weighted by Crippen LogP contribution is 2.39. The van der Waals surface area contributed by atoms with Gasteiger partial charge < -0.3 is 9.13 Å². The first-order valence-electron chi connectivity index (χ1n) is 16.3. The summed E-state index contributed by atoms with van der Waals surface area (Å²) < 4.78 is 4.35. The molecule has 9 aromatic rings. The van der Waals surface area contributed by atoms with E-state index in [1.807, 2.05) is 65.2 Å². The summed E-state index contributed by atoms with van der Waals surface area (Å²) in [6.45, 7) is 0. The molecule has 7 aromatic carbocycles. The summed E-state index contributed by atoms with van der Waals surface area (Å²) in [6, 6.07) is 57.9. The summed E-state index contributed by atoms with van der Waals surface area (Å²) in [5, 5.41) is 34.9. The van der Waals surface area contributed by atoms with Gasteiger partial charge in [-0.2, -0.15) is 15.8 Å². The first-order valence-corrected chi connectivity index (χ1v) is 16.3. The van der Waals surface area contributed by atoms with E-state index in [1.54, 1.807) is 6.07 Å². The SMILES string of the molecule is N#Cc1ccc2c(c1)c1ccccc1n2-c1ccc(-c2ccc(-c3ccccc3-n3c4ccccc4c4ccccc43)cc2)c(C#N)c1C#N.